The summed E-state index contributed by atoms with van der Waals surface area (Å²) < 4.78 is 32.3. The van der Waals surface area contributed by atoms with Crippen molar-refractivity contribution in [2.75, 3.05) is 0 Å². The highest BCUT2D eigenvalue weighted by atomic mass is 35.5. The highest BCUT2D eigenvalue weighted by molar-refractivity contribution is 6.30. The van der Waals surface area contributed by atoms with Gasteiger partial charge in [-0.15, -0.1) is 0 Å². The van der Waals surface area contributed by atoms with Crippen LogP contribution in [0.15, 0.2) is 36.4 Å². The summed E-state index contributed by atoms with van der Waals surface area (Å²) in [6, 6.07) is 8.96. The molecule has 0 saturated carbocycles. The van der Waals surface area contributed by atoms with Gasteiger partial charge in [0.2, 0.25) is 10.6 Å². The predicted octanol–water partition coefficient (Wildman–Crippen LogP) is 5.58. The number of hydrogen-bond donors (Lipinski definition) is 1. The SMILES string of the molecule is CC(C)OC(=O)n1c(Cl)nc2c(F)cccc21.Fc1cccc2[nH]c(Cl)nc12. The van der Waals surface area contributed by atoms with E-state index in [9.17, 15) is 13.6 Å². The highest BCUT2D eigenvalue weighted by Gasteiger charge is 2.19. The number of H-pyrrole nitrogens is 1. The molecule has 1 N–H and O–H groups in total. The van der Waals surface area contributed by atoms with Crippen LogP contribution in [0.3, 0.4) is 0 Å². The first kappa shape index (κ1) is 20.0. The van der Waals surface area contributed by atoms with Gasteiger partial charge in [0, 0.05) is 0 Å². The van der Waals surface area contributed by atoms with Crippen LogP contribution in [-0.2, 0) is 4.74 Å². The molecule has 2 aromatic carbocycles. The van der Waals surface area contributed by atoms with Gasteiger partial charge in [-0.1, -0.05) is 12.1 Å². The van der Waals surface area contributed by atoms with Crippen LogP contribution in [0.4, 0.5) is 13.6 Å². The first-order valence-electron chi connectivity index (χ1n) is 8.11. The zero-order valence-corrected chi connectivity index (χ0v) is 16.2. The zero-order chi connectivity index (χ0) is 20.4. The Bertz CT molecular complexity index is 1160. The van der Waals surface area contributed by atoms with E-state index < -0.39 is 11.9 Å². The number of benzene rings is 2. The Hall–Kier alpha value is -2.71. The van der Waals surface area contributed by atoms with Crippen molar-refractivity contribution in [3.63, 3.8) is 0 Å². The summed E-state index contributed by atoms with van der Waals surface area (Å²) in [5, 5.41) is 0.0980. The van der Waals surface area contributed by atoms with Gasteiger partial charge in [-0.25, -0.2) is 28.1 Å². The van der Waals surface area contributed by atoms with E-state index in [4.69, 9.17) is 27.9 Å². The van der Waals surface area contributed by atoms with E-state index in [0.717, 1.165) is 4.57 Å². The molecule has 0 aliphatic heterocycles. The first-order chi connectivity index (χ1) is 13.3. The normalized spacial score (nSPS) is 11.0. The largest absolute Gasteiger partial charge is 0.446 e. The molecular weight excluding hydrogens is 413 g/mol. The van der Waals surface area contributed by atoms with Gasteiger partial charge in [0.1, 0.15) is 11.0 Å². The fourth-order valence-corrected chi connectivity index (χ4v) is 2.86. The lowest BCUT2D eigenvalue weighted by Crippen LogP contribution is -2.18. The molecule has 0 fully saturated rings. The Morgan fingerprint density at radius 2 is 1.71 bits per heavy atom. The molecule has 28 heavy (non-hydrogen) atoms. The number of hydrogen-bond acceptors (Lipinski definition) is 4. The van der Waals surface area contributed by atoms with Gasteiger partial charge in [0.25, 0.3) is 0 Å². The Kier molecular flexibility index (Phi) is 5.81. The van der Waals surface area contributed by atoms with E-state index in [1.165, 1.54) is 18.2 Å². The summed E-state index contributed by atoms with van der Waals surface area (Å²) in [5.41, 5.74) is 1.26. The van der Waals surface area contributed by atoms with Crippen LogP contribution in [0.25, 0.3) is 22.1 Å². The molecule has 0 spiro atoms. The topological polar surface area (TPSA) is 72.8 Å². The molecule has 4 aromatic rings. The molecule has 0 radical (unpaired) electrons. The maximum absolute atomic E-state index is 13.4. The van der Waals surface area contributed by atoms with Crippen LogP contribution in [0, 0.1) is 11.6 Å². The van der Waals surface area contributed by atoms with Crippen molar-refractivity contribution in [2.45, 2.75) is 20.0 Å². The Labute approximate surface area is 168 Å². The summed E-state index contributed by atoms with van der Waals surface area (Å²) in [5.74, 6) is -0.883. The average molecular weight is 427 g/mol. The summed E-state index contributed by atoms with van der Waals surface area (Å²) >= 11 is 11.3. The Balaban J connectivity index is 0.000000176. The quantitative estimate of drug-likeness (QED) is 0.431. The smallest absolute Gasteiger partial charge is 0.421 e. The second kappa shape index (κ2) is 8.12. The molecule has 2 aromatic heterocycles. The maximum Gasteiger partial charge on any atom is 0.421 e. The van der Waals surface area contributed by atoms with E-state index in [-0.39, 0.29) is 33.5 Å². The van der Waals surface area contributed by atoms with Gasteiger partial charge in [-0.2, -0.15) is 0 Å². The maximum atomic E-state index is 13.4. The third-order valence-corrected chi connectivity index (χ3v) is 3.98. The highest BCUT2D eigenvalue weighted by Crippen LogP contribution is 2.22. The minimum Gasteiger partial charge on any atom is -0.446 e. The van der Waals surface area contributed by atoms with Crippen molar-refractivity contribution >= 4 is 51.4 Å². The van der Waals surface area contributed by atoms with E-state index >= 15 is 0 Å². The van der Waals surface area contributed by atoms with Crippen molar-refractivity contribution < 1.29 is 18.3 Å². The van der Waals surface area contributed by atoms with Crippen molar-refractivity contribution in [3.05, 3.63) is 58.6 Å². The fraction of sp³-hybridized carbons (Fsp3) is 0.167. The molecule has 0 amide bonds. The summed E-state index contributed by atoms with van der Waals surface area (Å²) in [6.07, 6.45) is -0.956. The second-order valence-electron chi connectivity index (χ2n) is 5.92. The molecule has 0 bridgehead atoms. The van der Waals surface area contributed by atoms with Crippen molar-refractivity contribution in [1.82, 2.24) is 19.5 Å². The van der Waals surface area contributed by atoms with E-state index in [1.807, 2.05) is 0 Å². The van der Waals surface area contributed by atoms with Crippen LogP contribution >= 0.6 is 23.2 Å². The number of aromatic amines is 1. The molecule has 146 valence electrons. The lowest BCUT2D eigenvalue weighted by Gasteiger charge is -2.09. The summed E-state index contributed by atoms with van der Waals surface area (Å²) in [6.45, 7) is 3.43. The van der Waals surface area contributed by atoms with Gasteiger partial charge in [0.15, 0.2) is 11.6 Å². The monoisotopic (exact) mass is 426 g/mol. The zero-order valence-electron chi connectivity index (χ0n) is 14.7. The molecule has 0 atom stereocenters. The lowest BCUT2D eigenvalue weighted by molar-refractivity contribution is 0.118. The molecular formula is C18H14Cl2F2N4O2. The molecule has 0 aliphatic rings. The number of fused-ring (bicyclic) bond motifs is 2. The van der Waals surface area contributed by atoms with Crippen LogP contribution in [0.2, 0.25) is 10.6 Å². The molecule has 4 rings (SSSR count). The van der Waals surface area contributed by atoms with E-state index in [2.05, 4.69) is 15.0 Å². The summed E-state index contributed by atoms with van der Waals surface area (Å²) in [7, 11) is 0. The summed E-state index contributed by atoms with van der Waals surface area (Å²) in [4.78, 5) is 22.0. The number of aromatic nitrogens is 4. The molecule has 0 unspecified atom stereocenters. The van der Waals surface area contributed by atoms with E-state index in [0.29, 0.717) is 11.0 Å². The number of para-hydroxylation sites is 2. The molecule has 2 heterocycles. The van der Waals surface area contributed by atoms with Crippen LogP contribution in [0.1, 0.15) is 13.8 Å². The van der Waals surface area contributed by atoms with Gasteiger partial charge >= 0.3 is 6.09 Å². The molecule has 10 heteroatoms. The number of nitrogens with zero attached hydrogens (tertiary/aromatic N) is 3. The third-order valence-electron chi connectivity index (χ3n) is 3.55. The molecule has 0 saturated heterocycles. The predicted molar refractivity (Wildman–Crippen MR) is 103 cm³/mol. The Morgan fingerprint density at radius 3 is 2.36 bits per heavy atom. The number of halogens is 4. The minimum atomic E-state index is -0.668. The third kappa shape index (κ3) is 4.07. The first-order valence-corrected chi connectivity index (χ1v) is 8.86. The second-order valence-corrected chi connectivity index (χ2v) is 6.62. The van der Waals surface area contributed by atoms with Crippen LogP contribution in [-0.4, -0.2) is 31.7 Å². The standard InChI is InChI=1S/C11H10ClFN2O2.C7H4ClFN2/c1-6(2)17-11(16)15-8-5-3-4-7(13)9(8)14-10(15)12;8-7-10-5-3-1-2-4(9)6(5)11-7/h3-6H,1-2H3;1-3H,(H,10,11). The van der Waals surface area contributed by atoms with Crippen molar-refractivity contribution in [2.24, 2.45) is 0 Å². The number of carbonyl (C=O) groups is 1. The van der Waals surface area contributed by atoms with Crippen molar-refractivity contribution in [1.29, 1.82) is 0 Å². The number of carbonyl (C=O) groups excluding carboxylic acids is 1. The molecule has 0 aliphatic carbocycles. The number of ether oxygens (including phenoxy) is 1. The number of imidazole rings is 2. The lowest BCUT2D eigenvalue weighted by atomic mass is 10.3. The Morgan fingerprint density at radius 1 is 1.07 bits per heavy atom. The van der Waals surface area contributed by atoms with Crippen LogP contribution < -0.4 is 0 Å². The minimum absolute atomic E-state index is 0.0539. The van der Waals surface area contributed by atoms with Crippen LogP contribution in [0.5, 0.6) is 0 Å². The number of nitrogens with one attached hydrogen (secondary N) is 1. The fourth-order valence-electron chi connectivity index (χ4n) is 2.43. The van der Waals surface area contributed by atoms with Gasteiger partial charge in [0.05, 0.1) is 17.1 Å². The van der Waals surface area contributed by atoms with Gasteiger partial charge < -0.3 is 9.72 Å². The van der Waals surface area contributed by atoms with Gasteiger partial charge in [-0.3, -0.25) is 0 Å². The molecule has 6 nitrogen and oxygen atoms in total. The average Bonchev–Trinajstić information content (AvgIpc) is 3.15. The van der Waals surface area contributed by atoms with E-state index in [1.54, 1.807) is 32.0 Å². The van der Waals surface area contributed by atoms with Gasteiger partial charge in [-0.05, 0) is 61.3 Å². The van der Waals surface area contributed by atoms with Crippen molar-refractivity contribution in [3.8, 4) is 0 Å². The number of rotatable bonds is 1.